The zero-order valence-corrected chi connectivity index (χ0v) is 20.5. The van der Waals surface area contributed by atoms with Gasteiger partial charge in [-0.05, 0) is 50.6 Å². The molecule has 0 radical (unpaired) electrons. The van der Waals surface area contributed by atoms with Crippen molar-refractivity contribution < 1.29 is 27.1 Å². The fourth-order valence-electron chi connectivity index (χ4n) is 4.08. The summed E-state index contributed by atoms with van der Waals surface area (Å²) in [4.78, 5) is 12.7. The third-order valence-electron chi connectivity index (χ3n) is 5.98. The zero-order valence-electron chi connectivity index (χ0n) is 20.5. The molecule has 4 rings (SSSR count). The number of alkyl halides is 3. The van der Waals surface area contributed by atoms with E-state index in [1.165, 1.54) is 7.11 Å². The molecule has 2 aromatic heterocycles. The van der Waals surface area contributed by atoms with Crippen molar-refractivity contribution in [2.75, 3.05) is 32.1 Å². The monoisotopic (exact) mass is 522 g/mol. The summed E-state index contributed by atoms with van der Waals surface area (Å²) in [5.41, 5.74) is -2.36. The number of rotatable bonds is 10. The molecule has 2 N–H and O–H groups in total. The summed E-state index contributed by atoms with van der Waals surface area (Å²) < 4.78 is 58.6. The normalized spacial score (nSPS) is 15.5. The van der Waals surface area contributed by atoms with Crippen LogP contribution in [0.2, 0.25) is 0 Å². The number of benzene rings is 1. The SMILES string of the molecule is COc1ccc(Cn2ncc(NC(C)COCc3nnc(C4CCNCC4)o3)c(C(F)(F)F)c2=O)cc1. The highest BCUT2D eigenvalue weighted by Gasteiger charge is 2.38. The van der Waals surface area contributed by atoms with Gasteiger partial charge >= 0.3 is 6.18 Å². The number of piperidine rings is 1. The predicted molar refractivity (Wildman–Crippen MR) is 127 cm³/mol. The Morgan fingerprint density at radius 3 is 2.62 bits per heavy atom. The van der Waals surface area contributed by atoms with Crippen LogP contribution in [0, 0.1) is 0 Å². The van der Waals surface area contributed by atoms with Crippen LogP contribution < -0.4 is 20.9 Å². The minimum atomic E-state index is -4.88. The van der Waals surface area contributed by atoms with Crippen molar-refractivity contribution in [3.8, 4) is 5.75 Å². The maximum atomic E-state index is 13.8. The summed E-state index contributed by atoms with van der Waals surface area (Å²) in [6.45, 7) is 3.37. The number of halogens is 3. The molecule has 0 bridgehead atoms. The van der Waals surface area contributed by atoms with E-state index < -0.39 is 29.0 Å². The molecule has 200 valence electrons. The van der Waals surface area contributed by atoms with E-state index in [0.29, 0.717) is 23.1 Å². The number of nitrogens with one attached hydrogen (secondary N) is 2. The van der Waals surface area contributed by atoms with Gasteiger partial charge in [0.2, 0.25) is 11.8 Å². The molecule has 1 atom stereocenters. The Hall–Kier alpha value is -3.45. The van der Waals surface area contributed by atoms with Gasteiger partial charge in [0.1, 0.15) is 17.9 Å². The number of aromatic nitrogens is 4. The number of hydrogen-bond donors (Lipinski definition) is 2. The van der Waals surface area contributed by atoms with Gasteiger partial charge in [0.15, 0.2) is 0 Å². The van der Waals surface area contributed by atoms with E-state index in [9.17, 15) is 18.0 Å². The Kier molecular flexibility index (Phi) is 8.44. The van der Waals surface area contributed by atoms with Gasteiger partial charge < -0.3 is 24.5 Å². The molecule has 0 saturated carbocycles. The average molecular weight is 523 g/mol. The van der Waals surface area contributed by atoms with E-state index in [1.807, 2.05) is 0 Å². The van der Waals surface area contributed by atoms with E-state index in [1.54, 1.807) is 31.2 Å². The fourth-order valence-corrected chi connectivity index (χ4v) is 4.08. The average Bonchev–Trinajstić information content (AvgIpc) is 3.35. The third kappa shape index (κ3) is 6.86. The number of nitrogens with zero attached hydrogens (tertiary/aromatic N) is 4. The van der Waals surface area contributed by atoms with Crippen LogP contribution in [-0.4, -0.2) is 52.8 Å². The van der Waals surface area contributed by atoms with Gasteiger partial charge in [-0.2, -0.15) is 18.3 Å². The molecular weight excluding hydrogens is 493 g/mol. The topological polar surface area (TPSA) is 116 Å². The maximum absolute atomic E-state index is 13.8. The van der Waals surface area contributed by atoms with E-state index in [2.05, 4.69) is 25.9 Å². The van der Waals surface area contributed by atoms with E-state index >= 15 is 0 Å². The molecule has 1 aromatic carbocycles. The zero-order chi connectivity index (χ0) is 26.4. The van der Waals surface area contributed by atoms with Gasteiger partial charge in [0, 0.05) is 12.0 Å². The lowest BCUT2D eigenvalue weighted by molar-refractivity contribution is -0.138. The van der Waals surface area contributed by atoms with E-state index in [4.69, 9.17) is 13.9 Å². The fraction of sp³-hybridized carbons (Fsp3) is 0.500. The van der Waals surface area contributed by atoms with Crippen molar-refractivity contribution >= 4 is 5.69 Å². The van der Waals surface area contributed by atoms with Gasteiger partial charge in [0.25, 0.3) is 5.56 Å². The van der Waals surface area contributed by atoms with Crippen LogP contribution in [0.4, 0.5) is 18.9 Å². The Bertz CT molecular complexity index is 1220. The van der Waals surface area contributed by atoms with Crippen molar-refractivity contribution in [2.45, 2.75) is 51.1 Å². The Morgan fingerprint density at radius 1 is 1.22 bits per heavy atom. The standard InChI is InChI=1S/C24H29F3N6O4/c1-15(13-36-14-20-31-32-22(37-20)17-7-9-28-10-8-17)30-19-11-29-33(23(34)21(19)24(25,26)27)12-16-3-5-18(35-2)6-4-16/h3-6,11,15,17,28,30H,7-10,12-14H2,1-2H3. The highest BCUT2D eigenvalue weighted by Crippen LogP contribution is 2.32. The van der Waals surface area contributed by atoms with Gasteiger partial charge in [-0.3, -0.25) is 4.79 Å². The second-order valence-corrected chi connectivity index (χ2v) is 8.86. The van der Waals surface area contributed by atoms with Crippen LogP contribution in [0.1, 0.15) is 48.6 Å². The number of ether oxygens (including phenoxy) is 2. The molecule has 0 aliphatic carbocycles. The first-order chi connectivity index (χ1) is 17.7. The first-order valence-corrected chi connectivity index (χ1v) is 11.9. The van der Waals surface area contributed by atoms with Crippen LogP contribution in [0.3, 0.4) is 0 Å². The second kappa shape index (κ2) is 11.7. The molecule has 10 nitrogen and oxygen atoms in total. The Morgan fingerprint density at radius 2 is 1.95 bits per heavy atom. The van der Waals surface area contributed by atoms with Crippen LogP contribution in [0.15, 0.2) is 39.7 Å². The molecule has 1 aliphatic rings. The third-order valence-corrected chi connectivity index (χ3v) is 5.98. The smallest absolute Gasteiger partial charge is 0.423 e. The van der Waals surface area contributed by atoms with Crippen molar-refractivity contribution in [2.24, 2.45) is 0 Å². The van der Waals surface area contributed by atoms with Gasteiger partial charge in [-0.1, -0.05) is 12.1 Å². The summed E-state index contributed by atoms with van der Waals surface area (Å²) in [6.07, 6.45) is -2.04. The molecule has 0 spiro atoms. The molecule has 3 heterocycles. The summed E-state index contributed by atoms with van der Waals surface area (Å²) in [7, 11) is 1.51. The van der Waals surface area contributed by atoms with Crippen LogP contribution >= 0.6 is 0 Å². The van der Waals surface area contributed by atoms with E-state index in [0.717, 1.165) is 36.8 Å². The van der Waals surface area contributed by atoms with Crippen LogP contribution in [0.25, 0.3) is 0 Å². The predicted octanol–water partition coefficient (Wildman–Crippen LogP) is 3.19. The molecule has 37 heavy (non-hydrogen) atoms. The first kappa shape index (κ1) is 26.6. The highest BCUT2D eigenvalue weighted by atomic mass is 19.4. The molecular formula is C24H29F3N6O4. The van der Waals surface area contributed by atoms with Crippen LogP contribution in [-0.2, 0) is 24.1 Å². The summed E-state index contributed by atoms with van der Waals surface area (Å²) in [5.74, 6) is 1.68. The minimum absolute atomic E-state index is 0.0256. The molecule has 1 saturated heterocycles. The Labute approximate surface area is 211 Å². The highest BCUT2D eigenvalue weighted by molar-refractivity contribution is 5.50. The molecule has 0 amide bonds. The van der Waals surface area contributed by atoms with Gasteiger partial charge in [0.05, 0.1) is 32.1 Å². The lowest BCUT2D eigenvalue weighted by Gasteiger charge is -2.19. The van der Waals surface area contributed by atoms with E-state index in [-0.39, 0.29) is 25.7 Å². The molecule has 1 unspecified atom stereocenters. The summed E-state index contributed by atoms with van der Waals surface area (Å²) in [5, 5.41) is 18.0. The lowest BCUT2D eigenvalue weighted by Crippen LogP contribution is -2.34. The van der Waals surface area contributed by atoms with Gasteiger partial charge in [-0.25, -0.2) is 4.68 Å². The molecule has 1 fully saturated rings. The van der Waals surface area contributed by atoms with Crippen molar-refractivity contribution in [1.29, 1.82) is 0 Å². The number of anilines is 1. The first-order valence-electron chi connectivity index (χ1n) is 11.9. The van der Waals surface area contributed by atoms with Crippen molar-refractivity contribution in [3.63, 3.8) is 0 Å². The second-order valence-electron chi connectivity index (χ2n) is 8.86. The summed E-state index contributed by atoms with van der Waals surface area (Å²) >= 11 is 0. The molecule has 13 heteroatoms. The maximum Gasteiger partial charge on any atom is 0.423 e. The quantitative estimate of drug-likeness (QED) is 0.414. The molecule has 1 aliphatic heterocycles. The van der Waals surface area contributed by atoms with Gasteiger partial charge in [-0.15, -0.1) is 10.2 Å². The van der Waals surface area contributed by atoms with Crippen LogP contribution in [0.5, 0.6) is 5.75 Å². The van der Waals surface area contributed by atoms with Crippen molar-refractivity contribution in [3.05, 3.63) is 63.7 Å². The number of hydrogen-bond acceptors (Lipinski definition) is 9. The largest absolute Gasteiger partial charge is 0.497 e. The molecule has 3 aromatic rings. The number of methoxy groups -OCH3 is 1. The lowest BCUT2D eigenvalue weighted by atomic mass is 9.98. The van der Waals surface area contributed by atoms with Crippen molar-refractivity contribution in [1.82, 2.24) is 25.3 Å². The summed E-state index contributed by atoms with van der Waals surface area (Å²) in [6, 6.07) is 6.07. The minimum Gasteiger partial charge on any atom is -0.497 e. The Balaban J connectivity index is 1.38.